The van der Waals surface area contributed by atoms with E-state index in [4.69, 9.17) is 5.10 Å². The Bertz CT molecular complexity index is 1670. The number of nitrogens with one attached hydrogen (secondary N) is 1. The third-order valence-electron chi connectivity index (χ3n) is 8.97. The van der Waals surface area contributed by atoms with Gasteiger partial charge in [-0.25, -0.2) is 4.52 Å². The predicted molar refractivity (Wildman–Crippen MR) is 181 cm³/mol. The van der Waals surface area contributed by atoms with Gasteiger partial charge >= 0.3 is 0 Å². The lowest BCUT2D eigenvalue weighted by Gasteiger charge is -2.33. The number of benzene rings is 1. The average Bonchev–Trinajstić information content (AvgIpc) is 3.46. The molecule has 1 saturated heterocycles. The summed E-state index contributed by atoms with van der Waals surface area (Å²) in [6.45, 7) is 11.0. The molecule has 228 valence electrons. The van der Waals surface area contributed by atoms with Crippen LogP contribution >= 0.6 is 0 Å². The Kier molecular flexibility index (Phi) is 9.82. The van der Waals surface area contributed by atoms with Gasteiger partial charge < -0.3 is 10.2 Å². The number of anilines is 1. The van der Waals surface area contributed by atoms with Gasteiger partial charge in [0, 0.05) is 31.6 Å². The fraction of sp³-hybridized carbons (Fsp3) is 0.368. The Balaban J connectivity index is 1.55. The van der Waals surface area contributed by atoms with Crippen molar-refractivity contribution in [3.63, 3.8) is 0 Å². The molecule has 0 bridgehead atoms. The molecule has 3 heterocycles. The fourth-order valence-corrected chi connectivity index (χ4v) is 6.36. The Morgan fingerprint density at radius 1 is 1.14 bits per heavy atom. The number of amides is 1. The topological polar surface area (TPSA) is 66.7 Å². The summed E-state index contributed by atoms with van der Waals surface area (Å²) in [4.78, 5) is 28.7. The zero-order valence-electron chi connectivity index (χ0n) is 26.5. The Labute approximate surface area is 261 Å². The van der Waals surface area contributed by atoms with Crippen LogP contribution in [0.5, 0.6) is 0 Å². The van der Waals surface area contributed by atoms with E-state index in [-0.39, 0.29) is 23.5 Å². The minimum absolute atomic E-state index is 0.103. The van der Waals surface area contributed by atoms with Crippen LogP contribution in [0.2, 0.25) is 0 Å². The lowest BCUT2D eigenvalue weighted by molar-refractivity contribution is -0.131. The molecule has 1 amide bonds. The summed E-state index contributed by atoms with van der Waals surface area (Å²) < 4.78 is 1.89. The van der Waals surface area contributed by atoms with E-state index >= 15 is 0 Å². The quantitative estimate of drug-likeness (QED) is 0.202. The lowest BCUT2D eigenvalue weighted by Crippen LogP contribution is -2.38. The maximum atomic E-state index is 13.8. The number of ketones is 1. The number of hydrogen-bond donors (Lipinski definition) is 1. The number of nitrogens with zero attached hydrogens (tertiary/aromatic N) is 3. The normalized spacial score (nSPS) is 15.8. The first-order valence-electron chi connectivity index (χ1n) is 15.9. The second kappa shape index (κ2) is 13.9. The molecule has 3 aromatic rings. The number of Topliss-reactive ketones (excluding diaryl/α,β-unsaturated/α-hetero) is 1. The molecular formula is C38H44N4O2. The molecule has 1 fully saturated rings. The standard InChI is InChI=1S/C38H44N4O2/c1-6-27(7-2)23-35(43)41-21-19-31(20-22-41)32-24-34-33(25-40-42(34)38(39-5)36(32)37(44)26(3)4)30-16-12-11-15-29(17-18-30)28-13-9-8-10-14-28/h8-10,12-14,16-18,24-26,31,39H,1,7,11,15,19-23H2,2-5H3. The highest BCUT2D eigenvalue weighted by Gasteiger charge is 2.31. The van der Waals surface area contributed by atoms with Crippen molar-refractivity contribution in [1.82, 2.24) is 14.5 Å². The molecule has 1 aliphatic carbocycles. The van der Waals surface area contributed by atoms with Gasteiger partial charge in [-0.1, -0.05) is 82.0 Å². The number of piperidine rings is 1. The fourth-order valence-electron chi connectivity index (χ4n) is 6.36. The molecule has 2 aliphatic rings. The predicted octanol–water partition coefficient (Wildman–Crippen LogP) is 8.25. The van der Waals surface area contributed by atoms with Gasteiger partial charge in [-0.3, -0.25) is 9.59 Å². The Morgan fingerprint density at radius 2 is 1.89 bits per heavy atom. The monoisotopic (exact) mass is 588 g/mol. The first-order chi connectivity index (χ1) is 21.4. The van der Waals surface area contributed by atoms with Gasteiger partial charge in [-0.2, -0.15) is 5.10 Å². The largest absolute Gasteiger partial charge is 0.372 e. The van der Waals surface area contributed by atoms with Crippen molar-refractivity contribution >= 4 is 34.2 Å². The summed E-state index contributed by atoms with van der Waals surface area (Å²) in [5, 5.41) is 8.14. The van der Waals surface area contributed by atoms with Crippen molar-refractivity contribution in [2.45, 2.75) is 65.2 Å². The van der Waals surface area contributed by atoms with Gasteiger partial charge in [0.15, 0.2) is 5.78 Å². The van der Waals surface area contributed by atoms with Crippen LogP contribution < -0.4 is 5.32 Å². The number of allylic oxidation sites excluding steroid dienone is 6. The van der Waals surface area contributed by atoms with Crippen LogP contribution in [0.3, 0.4) is 0 Å². The van der Waals surface area contributed by atoms with E-state index in [2.05, 4.69) is 72.3 Å². The minimum Gasteiger partial charge on any atom is -0.372 e. The number of rotatable bonds is 9. The minimum atomic E-state index is -0.161. The maximum Gasteiger partial charge on any atom is 0.227 e. The molecule has 0 spiro atoms. The third-order valence-corrected chi connectivity index (χ3v) is 8.97. The third kappa shape index (κ3) is 6.41. The summed E-state index contributed by atoms with van der Waals surface area (Å²) in [5.41, 5.74) is 11.3. The summed E-state index contributed by atoms with van der Waals surface area (Å²) in [7, 11) is 1.86. The van der Waals surface area contributed by atoms with Crippen LogP contribution in [0.4, 0.5) is 5.82 Å². The number of carbonyl (C=O) groups is 2. The molecule has 44 heavy (non-hydrogen) atoms. The summed E-state index contributed by atoms with van der Waals surface area (Å²) in [5.74, 6) is 0.950. The average molecular weight is 589 g/mol. The number of hydrogen-bond acceptors (Lipinski definition) is 4. The van der Waals surface area contributed by atoms with Crippen LogP contribution in [0, 0.1) is 5.92 Å². The van der Waals surface area contributed by atoms with E-state index in [9.17, 15) is 9.59 Å². The van der Waals surface area contributed by atoms with Crippen molar-refractivity contribution in [1.29, 1.82) is 0 Å². The lowest BCUT2D eigenvalue weighted by atomic mass is 9.83. The number of aromatic nitrogens is 2. The van der Waals surface area contributed by atoms with Crippen LogP contribution in [0.1, 0.15) is 92.3 Å². The molecule has 0 atom stereocenters. The summed E-state index contributed by atoms with van der Waals surface area (Å²) >= 11 is 0. The second-order valence-electron chi connectivity index (χ2n) is 12.0. The van der Waals surface area contributed by atoms with E-state index in [1.807, 2.05) is 49.5 Å². The van der Waals surface area contributed by atoms with E-state index in [1.54, 1.807) is 0 Å². The van der Waals surface area contributed by atoms with Gasteiger partial charge in [-0.15, -0.1) is 5.73 Å². The van der Waals surface area contributed by atoms with Crippen LogP contribution in [0.25, 0.3) is 16.7 Å². The van der Waals surface area contributed by atoms with E-state index in [0.29, 0.717) is 25.1 Å². The molecular weight excluding hydrogens is 544 g/mol. The summed E-state index contributed by atoms with van der Waals surface area (Å²) in [6.07, 6.45) is 15.5. The molecule has 2 aromatic heterocycles. The Hall–Kier alpha value is -4.41. The van der Waals surface area contributed by atoms with E-state index in [1.165, 1.54) is 11.1 Å². The zero-order valence-corrected chi connectivity index (χ0v) is 26.5. The molecule has 5 rings (SSSR count). The number of pyridine rings is 1. The Morgan fingerprint density at radius 3 is 2.55 bits per heavy atom. The molecule has 1 aliphatic heterocycles. The summed E-state index contributed by atoms with van der Waals surface area (Å²) in [6, 6.07) is 12.7. The van der Waals surface area contributed by atoms with E-state index < -0.39 is 0 Å². The molecule has 0 unspecified atom stereocenters. The highest BCUT2D eigenvalue weighted by molar-refractivity contribution is 6.04. The molecule has 1 N–H and O–H groups in total. The van der Waals surface area contributed by atoms with Crippen LogP contribution in [-0.2, 0) is 4.79 Å². The van der Waals surface area contributed by atoms with Crippen molar-refractivity contribution in [2.24, 2.45) is 5.92 Å². The highest BCUT2D eigenvalue weighted by Crippen LogP contribution is 2.38. The smallest absolute Gasteiger partial charge is 0.227 e. The van der Waals surface area contributed by atoms with Gasteiger partial charge in [0.2, 0.25) is 5.91 Å². The van der Waals surface area contributed by atoms with Crippen LogP contribution in [-0.4, -0.2) is 46.3 Å². The molecule has 0 radical (unpaired) electrons. The molecule has 6 nitrogen and oxygen atoms in total. The second-order valence-corrected chi connectivity index (χ2v) is 12.0. The molecule has 1 aromatic carbocycles. The molecule has 6 heteroatoms. The van der Waals surface area contributed by atoms with Gasteiger partial charge in [0.1, 0.15) is 5.82 Å². The van der Waals surface area contributed by atoms with Crippen molar-refractivity contribution in [3.8, 4) is 0 Å². The van der Waals surface area contributed by atoms with Crippen molar-refractivity contribution < 1.29 is 9.59 Å². The highest BCUT2D eigenvalue weighted by atomic mass is 16.2. The molecule has 0 saturated carbocycles. The van der Waals surface area contributed by atoms with Gasteiger partial charge in [-0.05, 0) is 71.9 Å². The van der Waals surface area contributed by atoms with Crippen molar-refractivity contribution in [2.75, 3.05) is 25.5 Å². The van der Waals surface area contributed by atoms with Gasteiger partial charge in [0.05, 0.1) is 23.7 Å². The SMILES string of the molecule is C=C=C(CC)CC(=O)N1CCC(c2cc3c(C4=CC=C(c5ccccc5)CCC=C4)cnn3c(NC)c2C(=O)C(C)C)CC1. The van der Waals surface area contributed by atoms with Crippen LogP contribution in [0.15, 0.2) is 84.8 Å². The number of likely N-dealkylation sites (tertiary alicyclic amines) is 1. The zero-order chi connectivity index (χ0) is 31.2. The maximum absolute atomic E-state index is 13.8. The van der Waals surface area contributed by atoms with Gasteiger partial charge in [0.25, 0.3) is 0 Å². The first kappa shape index (κ1) is 31.0. The van der Waals surface area contributed by atoms with E-state index in [0.717, 1.165) is 65.7 Å². The number of carbonyl (C=O) groups excluding carboxylic acids is 2. The first-order valence-corrected chi connectivity index (χ1v) is 15.9. The van der Waals surface area contributed by atoms with Crippen molar-refractivity contribution in [3.05, 3.63) is 107 Å². The number of fused-ring (bicyclic) bond motifs is 1.